The first-order chi connectivity index (χ1) is 14.0. The smallest absolute Gasteiger partial charge is 0.338 e. The average Bonchev–Trinajstić information content (AvgIpc) is 2.62. The van der Waals surface area contributed by atoms with Crippen LogP contribution in [-0.4, -0.2) is 28.7 Å². The summed E-state index contributed by atoms with van der Waals surface area (Å²) >= 11 is 5.90. The van der Waals surface area contributed by atoms with Gasteiger partial charge in [-0.15, -0.1) is 0 Å². The Bertz CT molecular complexity index is 1120. The largest absolute Gasteiger partial charge is 0.390 e. The van der Waals surface area contributed by atoms with Crippen molar-refractivity contribution in [3.8, 4) is 11.1 Å². The minimum absolute atomic E-state index is 0.158. The Hall–Kier alpha value is -2.94. The highest BCUT2D eigenvalue weighted by molar-refractivity contribution is 6.30. The molecule has 2 N–H and O–H groups in total. The second-order valence-electron chi connectivity index (χ2n) is 6.71. The summed E-state index contributed by atoms with van der Waals surface area (Å²) in [5.41, 5.74) is 3.06. The van der Waals surface area contributed by atoms with E-state index in [0.29, 0.717) is 33.1 Å². The van der Waals surface area contributed by atoms with Crippen molar-refractivity contribution in [1.29, 1.82) is 0 Å². The number of anilines is 1. The standard InChI is InChI=1S/C20H17ClF4N4O/c1-10-5-15(22)17(29-19(30)26-4-3-20(23,24)25)7-13(10)14-6-12-9-27-18(21)8-16(12)28-11(14)2/h5-9H,3-4H2,1-2H3,(H2,26,29,30). The molecule has 0 unspecified atom stereocenters. The van der Waals surface area contributed by atoms with E-state index in [1.807, 2.05) is 6.07 Å². The van der Waals surface area contributed by atoms with Crippen molar-refractivity contribution in [2.45, 2.75) is 26.4 Å². The number of carbonyl (C=O) groups excluding carboxylic acids is 1. The van der Waals surface area contributed by atoms with Crippen molar-refractivity contribution in [1.82, 2.24) is 15.3 Å². The molecule has 0 radical (unpaired) electrons. The zero-order chi connectivity index (χ0) is 22.1. The Morgan fingerprint density at radius 1 is 1.13 bits per heavy atom. The molecule has 5 nitrogen and oxygen atoms in total. The summed E-state index contributed by atoms with van der Waals surface area (Å²) in [4.78, 5) is 20.4. The first kappa shape index (κ1) is 21.8. The van der Waals surface area contributed by atoms with Crippen molar-refractivity contribution < 1.29 is 22.4 Å². The molecule has 30 heavy (non-hydrogen) atoms. The van der Waals surface area contributed by atoms with Crippen molar-refractivity contribution in [2.24, 2.45) is 0 Å². The van der Waals surface area contributed by atoms with E-state index >= 15 is 0 Å². The lowest BCUT2D eigenvalue weighted by molar-refractivity contribution is -0.132. The van der Waals surface area contributed by atoms with Crippen LogP contribution in [0.5, 0.6) is 0 Å². The second-order valence-corrected chi connectivity index (χ2v) is 7.10. The molecule has 2 heterocycles. The van der Waals surface area contributed by atoms with Crippen molar-refractivity contribution in [2.75, 3.05) is 11.9 Å². The maximum Gasteiger partial charge on any atom is 0.390 e. The Morgan fingerprint density at radius 2 is 1.87 bits per heavy atom. The van der Waals surface area contributed by atoms with Gasteiger partial charge in [-0.2, -0.15) is 13.2 Å². The molecule has 0 spiro atoms. The number of fused-ring (bicyclic) bond motifs is 1. The van der Waals surface area contributed by atoms with Crippen molar-refractivity contribution in [3.63, 3.8) is 0 Å². The molecule has 0 aliphatic rings. The number of hydrogen-bond acceptors (Lipinski definition) is 3. The fourth-order valence-corrected chi connectivity index (χ4v) is 3.11. The highest BCUT2D eigenvalue weighted by Gasteiger charge is 2.26. The normalized spacial score (nSPS) is 11.6. The number of carbonyl (C=O) groups is 1. The SMILES string of the molecule is Cc1cc(F)c(NC(=O)NCCC(F)(F)F)cc1-c1cc2cnc(Cl)cc2nc1C. The number of nitrogens with zero attached hydrogens (tertiary/aromatic N) is 2. The first-order valence-corrected chi connectivity index (χ1v) is 9.26. The molecule has 2 aromatic heterocycles. The molecule has 2 amide bonds. The lowest BCUT2D eigenvalue weighted by atomic mass is 9.97. The Labute approximate surface area is 174 Å². The minimum atomic E-state index is -4.39. The van der Waals surface area contributed by atoms with E-state index in [0.717, 1.165) is 5.39 Å². The molecule has 3 aromatic rings. The lowest BCUT2D eigenvalue weighted by Crippen LogP contribution is -2.32. The van der Waals surface area contributed by atoms with Gasteiger partial charge in [0.15, 0.2) is 0 Å². The number of aromatic nitrogens is 2. The lowest BCUT2D eigenvalue weighted by Gasteiger charge is -2.15. The molecule has 158 valence electrons. The summed E-state index contributed by atoms with van der Waals surface area (Å²) < 4.78 is 51.0. The number of hydrogen-bond donors (Lipinski definition) is 2. The third kappa shape index (κ3) is 5.15. The van der Waals surface area contributed by atoms with Crippen LogP contribution < -0.4 is 10.6 Å². The van der Waals surface area contributed by atoms with Gasteiger partial charge in [0, 0.05) is 35.5 Å². The van der Waals surface area contributed by atoms with Crippen LogP contribution >= 0.6 is 11.6 Å². The predicted octanol–water partition coefficient (Wildman–Crippen LogP) is 5.78. The highest BCUT2D eigenvalue weighted by Crippen LogP contribution is 2.32. The third-order valence-corrected chi connectivity index (χ3v) is 4.61. The maximum atomic E-state index is 14.4. The second kappa shape index (κ2) is 8.43. The molecule has 10 heteroatoms. The number of amides is 2. The van der Waals surface area contributed by atoms with Crippen LogP contribution in [0.3, 0.4) is 0 Å². The zero-order valence-corrected chi connectivity index (χ0v) is 16.7. The number of nitrogens with one attached hydrogen (secondary N) is 2. The van der Waals surface area contributed by atoms with Gasteiger partial charge in [-0.25, -0.2) is 14.2 Å². The summed E-state index contributed by atoms with van der Waals surface area (Å²) in [5.74, 6) is -0.706. The summed E-state index contributed by atoms with van der Waals surface area (Å²) in [5, 5.41) is 5.35. The summed E-state index contributed by atoms with van der Waals surface area (Å²) in [6, 6.07) is 5.19. The van der Waals surface area contributed by atoms with Gasteiger partial charge < -0.3 is 10.6 Å². The molecule has 0 saturated heterocycles. The molecule has 0 fully saturated rings. The Morgan fingerprint density at radius 3 is 2.57 bits per heavy atom. The number of rotatable bonds is 4. The van der Waals surface area contributed by atoms with Gasteiger partial charge in [-0.05, 0) is 43.2 Å². The fraction of sp³-hybridized carbons (Fsp3) is 0.250. The quantitative estimate of drug-likeness (QED) is 0.399. The van der Waals surface area contributed by atoms with Gasteiger partial charge in [0.2, 0.25) is 0 Å². The third-order valence-electron chi connectivity index (χ3n) is 4.40. The van der Waals surface area contributed by atoms with Crippen LogP contribution in [0.1, 0.15) is 17.7 Å². The van der Waals surface area contributed by atoms with Gasteiger partial charge in [0.1, 0.15) is 11.0 Å². The first-order valence-electron chi connectivity index (χ1n) is 8.88. The zero-order valence-electron chi connectivity index (χ0n) is 16.0. The van der Waals surface area contributed by atoms with Crippen LogP contribution in [0.25, 0.3) is 22.0 Å². The van der Waals surface area contributed by atoms with Crippen LogP contribution in [0.15, 0.2) is 30.5 Å². The number of aryl methyl sites for hydroxylation is 2. The van der Waals surface area contributed by atoms with Gasteiger partial charge in [-0.3, -0.25) is 4.98 Å². The van der Waals surface area contributed by atoms with Gasteiger partial charge in [0.05, 0.1) is 17.6 Å². The number of halogens is 5. The van der Waals surface area contributed by atoms with E-state index in [4.69, 9.17) is 11.6 Å². The van der Waals surface area contributed by atoms with E-state index in [2.05, 4.69) is 20.6 Å². The molecular weight excluding hydrogens is 424 g/mol. The number of pyridine rings is 2. The number of benzene rings is 1. The average molecular weight is 441 g/mol. The topological polar surface area (TPSA) is 66.9 Å². The summed E-state index contributed by atoms with van der Waals surface area (Å²) in [6.07, 6.45) is -4.00. The van der Waals surface area contributed by atoms with Crippen LogP contribution in [0, 0.1) is 19.7 Å². The molecule has 0 aliphatic heterocycles. The molecular formula is C20H17ClF4N4O. The van der Waals surface area contributed by atoms with Crippen molar-refractivity contribution in [3.05, 3.63) is 52.7 Å². The molecule has 0 bridgehead atoms. The highest BCUT2D eigenvalue weighted by atomic mass is 35.5. The summed E-state index contributed by atoms with van der Waals surface area (Å²) in [6.45, 7) is 2.87. The number of urea groups is 1. The van der Waals surface area contributed by atoms with Crippen LogP contribution in [0.4, 0.5) is 28.0 Å². The molecule has 3 rings (SSSR count). The molecule has 0 atom stereocenters. The van der Waals surface area contributed by atoms with Crippen molar-refractivity contribution >= 4 is 34.2 Å². The van der Waals surface area contributed by atoms with E-state index in [9.17, 15) is 22.4 Å². The minimum Gasteiger partial charge on any atom is -0.338 e. The molecule has 0 aliphatic carbocycles. The van der Waals surface area contributed by atoms with Crippen LogP contribution in [-0.2, 0) is 0 Å². The Balaban J connectivity index is 1.90. The van der Waals surface area contributed by atoms with E-state index < -0.39 is 31.0 Å². The number of alkyl halides is 3. The summed E-state index contributed by atoms with van der Waals surface area (Å²) in [7, 11) is 0. The van der Waals surface area contributed by atoms with Gasteiger partial charge in [0.25, 0.3) is 0 Å². The predicted molar refractivity (Wildman–Crippen MR) is 107 cm³/mol. The van der Waals surface area contributed by atoms with Gasteiger partial charge in [-0.1, -0.05) is 11.6 Å². The fourth-order valence-electron chi connectivity index (χ4n) is 2.96. The maximum absolute atomic E-state index is 14.4. The van der Waals surface area contributed by atoms with Crippen LogP contribution in [0.2, 0.25) is 5.15 Å². The Kier molecular flexibility index (Phi) is 6.12. The van der Waals surface area contributed by atoms with E-state index in [-0.39, 0.29) is 5.69 Å². The molecule has 1 aromatic carbocycles. The molecule has 0 saturated carbocycles. The monoisotopic (exact) mass is 440 g/mol. The van der Waals surface area contributed by atoms with Gasteiger partial charge >= 0.3 is 12.2 Å². The van der Waals surface area contributed by atoms with E-state index in [1.54, 1.807) is 26.1 Å². The van der Waals surface area contributed by atoms with E-state index in [1.165, 1.54) is 12.1 Å².